The summed E-state index contributed by atoms with van der Waals surface area (Å²) in [5.74, 6) is -1.45. The van der Waals surface area contributed by atoms with E-state index in [1.165, 1.54) is 23.9 Å². The molecule has 1 aromatic carbocycles. The van der Waals surface area contributed by atoms with Gasteiger partial charge in [-0.3, -0.25) is 9.59 Å². The van der Waals surface area contributed by atoms with E-state index in [2.05, 4.69) is 10.6 Å². The lowest BCUT2D eigenvalue weighted by Gasteiger charge is -2.23. The van der Waals surface area contributed by atoms with Gasteiger partial charge in [0, 0.05) is 0 Å². The first-order valence-corrected chi connectivity index (χ1v) is 11.2. The molecule has 10 heteroatoms. The van der Waals surface area contributed by atoms with E-state index in [1.54, 1.807) is 12.1 Å². The molecular weight excluding hydrogens is 408 g/mol. The number of benzene rings is 1. The van der Waals surface area contributed by atoms with Crippen molar-refractivity contribution >= 4 is 29.5 Å². The number of unbranched alkanes of at least 4 members (excludes halogenated alkanes) is 1. The number of carboxylic acid groups (broad SMARTS) is 1. The summed E-state index contributed by atoms with van der Waals surface area (Å²) in [5, 5.41) is 23.8. The van der Waals surface area contributed by atoms with Crippen LogP contribution in [-0.4, -0.2) is 64.7 Å². The number of nitrogens with two attached hydrogens (primary N) is 2. The Bertz CT molecular complexity index is 686. The number of phenolic OH excluding ortho intramolecular Hbond substituents is 1. The second-order valence-electron chi connectivity index (χ2n) is 7.00. The predicted molar refractivity (Wildman–Crippen MR) is 117 cm³/mol. The van der Waals surface area contributed by atoms with Gasteiger partial charge in [0.15, 0.2) is 0 Å². The fourth-order valence-corrected chi connectivity index (χ4v) is 3.26. The number of aliphatic carboxylic acids is 1. The van der Waals surface area contributed by atoms with Crippen LogP contribution in [0, 0.1) is 0 Å². The minimum atomic E-state index is -1.13. The van der Waals surface area contributed by atoms with E-state index in [4.69, 9.17) is 11.5 Å². The topological polar surface area (TPSA) is 168 Å². The Hall–Kier alpha value is -2.30. The number of thioether (sulfide) groups is 1. The number of hydrogen-bond acceptors (Lipinski definition) is 7. The third kappa shape index (κ3) is 9.47. The maximum Gasteiger partial charge on any atom is 0.326 e. The summed E-state index contributed by atoms with van der Waals surface area (Å²) in [6, 6.07) is 3.53. The Kier molecular flexibility index (Phi) is 11.9. The van der Waals surface area contributed by atoms with Gasteiger partial charge in [-0.15, -0.1) is 0 Å². The van der Waals surface area contributed by atoms with Gasteiger partial charge >= 0.3 is 5.97 Å². The number of hydrogen-bond donors (Lipinski definition) is 6. The monoisotopic (exact) mass is 440 g/mol. The van der Waals surface area contributed by atoms with E-state index in [0.29, 0.717) is 31.6 Å². The largest absolute Gasteiger partial charge is 0.508 e. The van der Waals surface area contributed by atoms with Gasteiger partial charge in [-0.05, 0) is 68.4 Å². The molecule has 0 aliphatic rings. The van der Waals surface area contributed by atoms with Gasteiger partial charge in [0.25, 0.3) is 0 Å². The van der Waals surface area contributed by atoms with E-state index < -0.39 is 35.9 Å². The zero-order valence-electron chi connectivity index (χ0n) is 17.2. The molecule has 0 saturated heterocycles. The van der Waals surface area contributed by atoms with Crippen molar-refractivity contribution < 1.29 is 24.6 Å². The molecule has 0 heterocycles. The van der Waals surface area contributed by atoms with Gasteiger partial charge in [0.2, 0.25) is 11.8 Å². The van der Waals surface area contributed by atoms with E-state index >= 15 is 0 Å². The normalized spacial score (nSPS) is 13.8. The van der Waals surface area contributed by atoms with Crippen LogP contribution in [0.15, 0.2) is 24.3 Å². The van der Waals surface area contributed by atoms with Gasteiger partial charge in [-0.25, -0.2) is 4.79 Å². The van der Waals surface area contributed by atoms with Crippen molar-refractivity contribution in [3.63, 3.8) is 0 Å². The van der Waals surface area contributed by atoms with Crippen LogP contribution < -0.4 is 22.1 Å². The quantitative estimate of drug-likeness (QED) is 0.223. The van der Waals surface area contributed by atoms with Crippen LogP contribution in [0.5, 0.6) is 5.75 Å². The third-order valence-electron chi connectivity index (χ3n) is 4.53. The first kappa shape index (κ1) is 25.7. The van der Waals surface area contributed by atoms with Crippen molar-refractivity contribution in [3.8, 4) is 5.75 Å². The SMILES string of the molecule is CSCC[C@H](NC(=O)[C@@H](N)Cc1ccc(O)cc1)C(=O)N[C@@H](CCCCN)C(=O)O. The average Bonchev–Trinajstić information content (AvgIpc) is 2.71. The zero-order chi connectivity index (χ0) is 22.5. The van der Waals surface area contributed by atoms with Crippen LogP contribution in [0.3, 0.4) is 0 Å². The smallest absolute Gasteiger partial charge is 0.326 e. The highest BCUT2D eigenvalue weighted by molar-refractivity contribution is 7.98. The number of aromatic hydroxyl groups is 1. The molecule has 30 heavy (non-hydrogen) atoms. The highest BCUT2D eigenvalue weighted by atomic mass is 32.2. The summed E-state index contributed by atoms with van der Waals surface area (Å²) in [5.41, 5.74) is 12.2. The standard InChI is InChI=1S/C20H32N4O5S/c1-30-11-9-16(19(27)24-17(20(28)29)4-2-3-10-21)23-18(26)15(22)12-13-5-7-14(25)8-6-13/h5-8,15-17,25H,2-4,9-12,21-22H2,1H3,(H,23,26)(H,24,27)(H,28,29)/t15-,16-,17-/m0/s1. The fourth-order valence-electron chi connectivity index (χ4n) is 2.78. The van der Waals surface area contributed by atoms with Crippen LogP contribution in [-0.2, 0) is 20.8 Å². The summed E-state index contributed by atoms with van der Waals surface area (Å²) in [6.45, 7) is 0.450. The van der Waals surface area contributed by atoms with Gasteiger partial charge in [-0.1, -0.05) is 12.1 Å². The molecule has 0 spiro atoms. The predicted octanol–water partition coefficient (Wildman–Crippen LogP) is 0.198. The van der Waals surface area contributed by atoms with Crippen LogP contribution in [0.2, 0.25) is 0 Å². The van der Waals surface area contributed by atoms with Crippen LogP contribution >= 0.6 is 11.8 Å². The van der Waals surface area contributed by atoms with Gasteiger partial charge in [0.05, 0.1) is 6.04 Å². The number of rotatable bonds is 14. The molecule has 168 valence electrons. The van der Waals surface area contributed by atoms with E-state index in [9.17, 15) is 24.6 Å². The summed E-state index contributed by atoms with van der Waals surface area (Å²) < 4.78 is 0. The van der Waals surface area contributed by atoms with Gasteiger partial charge in [0.1, 0.15) is 17.8 Å². The van der Waals surface area contributed by atoms with Crippen molar-refractivity contribution in [2.75, 3.05) is 18.6 Å². The minimum Gasteiger partial charge on any atom is -0.508 e. The number of carbonyl (C=O) groups excluding carboxylic acids is 2. The summed E-state index contributed by atoms with van der Waals surface area (Å²) in [4.78, 5) is 36.6. The van der Waals surface area contributed by atoms with Crippen molar-refractivity contribution in [1.29, 1.82) is 0 Å². The molecular formula is C20H32N4O5S. The van der Waals surface area contributed by atoms with E-state index in [0.717, 1.165) is 5.56 Å². The van der Waals surface area contributed by atoms with Crippen molar-refractivity contribution in [2.24, 2.45) is 11.5 Å². The van der Waals surface area contributed by atoms with Crippen molar-refractivity contribution in [2.45, 2.75) is 50.2 Å². The molecule has 8 N–H and O–H groups in total. The molecule has 2 amide bonds. The Morgan fingerprint density at radius 1 is 1.03 bits per heavy atom. The molecule has 1 aromatic rings. The Labute approximate surface area is 181 Å². The molecule has 0 saturated carbocycles. The summed E-state index contributed by atoms with van der Waals surface area (Å²) in [7, 11) is 0. The third-order valence-corrected chi connectivity index (χ3v) is 5.18. The molecule has 1 rings (SSSR count). The zero-order valence-corrected chi connectivity index (χ0v) is 18.0. The highest BCUT2D eigenvalue weighted by Gasteiger charge is 2.27. The molecule has 0 bridgehead atoms. The lowest BCUT2D eigenvalue weighted by molar-refractivity contribution is -0.142. The van der Waals surface area contributed by atoms with E-state index in [1.807, 2.05) is 6.26 Å². The Morgan fingerprint density at radius 3 is 2.23 bits per heavy atom. The molecule has 9 nitrogen and oxygen atoms in total. The second kappa shape index (κ2) is 13.8. The lowest BCUT2D eigenvalue weighted by atomic mass is 10.0. The highest BCUT2D eigenvalue weighted by Crippen LogP contribution is 2.11. The Morgan fingerprint density at radius 2 is 1.67 bits per heavy atom. The molecule has 0 fully saturated rings. The number of carbonyl (C=O) groups is 3. The van der Waals surface area contributed by atoms with Gasteiger partial charge < -0.3 is 32.3 Å². The molecule has 0 aliphatic carbocycles. The molecule has 0 aromatic heterocycles. The number of nitrogens with one attached hydrogen (secondary N) is 2. The Balaban J connectivity index is 2.73. The lowest BCUT2D eigenvalue weighted by Crippen LogP contribution is -2.55. The number of amides is 2. The van der Waals surface area contributed by atoms with Crippen molar-refractivity contribution in [1.82, 2.24) is 10.6 Å². The molecule has 3 atom stereocenters. The van der Waals surface area contributed by atoms with Crippen molar-refractivity contribution in [3.05, 3.63) is 29.8 Å². The van der Waals surface area contributed by atoms with Gasteiger partial charge in [-0.2, -0.15) is 11.8 Å². The maximum atomic E-state index is 12.7. The molecule has 0 aliphatic heterocycles. The summed E-state index contributed by atoms with van der Waals surface area (Å²) in [6.07, 6.45) is 3.97. The van der Waals surface area contributed by atoms with E-state index in [-0.39, 0.29) is 18.6 Å². The summed E-state index contributed by atoms with van der Waals surface area (Å²) >= 11 is 1.51. The number of phenols is 1. The van der Waals surface area contributed by atoms with Crippen LogP contribution in [0.25, 0.3) is 0 Å². The molecule has 0 unspecified atom stereocenters. The minimum absolute atomic E-state index is 0.116. The maximum absolute atomic E-state index is 12.7. The number of carboxylic acids is 1. The van der Waals surface area contributed by atoms with Crippen LogP contribution in [0.4, 0.5) is 0 Å². The molecule has 0 radical (unpaired) electrons. The van der Waals surface area contributed by atoms with Crippen LogP contribution in [0.1, 0.15) is 31.2 Å². The first-order valence-electron chi connectivity index (χ1n) is 9.84. The first-order chi connectivity index (χ1) is 14.3. The average molecular weight is 441 g/mol. The fraction of sp³-hybridized carbons (Fsp3) is 0.550. The second-order valence-corrected chi connectivity index (χ2v) is 7.99.